The Morgan fingerprint density at radius 3 is 1.00 bits per heavy atom. The Bertz CT molecular complexity index is 384. The van der Waals surface area contributed by atoms with Gasteiger partial charge >= 0.3 is 23.7 Å². The van der Waals surface area contributed by atoms with Crippen LogP contribution < -0.4 is 0 Å². The summed E-state index contributed by atoms with van der Waals surface area (Å²) in [6, 6.07) is 0. The highest BCUT2D eigenvalue weighted by molar-refractivity contribution is 9.10. The van der Waals surface area contributed by atoms with E-state index >= 15 is 0 Å². The summed E-state index contributed by atoms with van der Waals surface area (Å²) < 4.78 is 125. The van der Waals surface area contributed by atoms with Gasteiger partial charge in [-0.3, -0.25) is 0 Å². The van der Waals surface area contributed by atoms with Crippen molar-refractivity contribution in [3.8, 4) is 0 Å². The van der Waals surface area contributed by atoms with Crippen LogP contribution >= 0.6 is 15.9 Å². The van der Waals surface area contributed by atoms with Gasteiger partial charge < -0.3 is 0 Å². The van der Waals surface area contributed by atoms with Crippen LogP contribution in [0.15, 0.2) is 0 Å². The Labute approximate surface area is 100 Å². The Kier molecular flexibility index (Phi) is 2.19. The minimum Gasteiger partial charge on any atom is -0.204 e. The third kappa shape index (κ3) is 0.875. The van der Waals surface area contributed by atoms with E-state index in [9.17, 15) is 43.9 Å². The zero-order chi connectivity index (χ0) is 14.6. The predicted octanol–water partition coefficient (Wildman–Crippen LogP) is 3.94. The fourth-order valence-electron chi connectivity index (χ4n) is 2.32. The molecule has 2 saturated carbocycles. The van der Waals surface area contributed by atoms with Gasteiger partial charge in [-0.15, -0.1) is 0 Å². The zero-order valence-electron chi connectivity index (χ0n) is 7.73. The summed E-state index contributed by atoms with van der Waals surface area (Å²) >= 11 is 1.09. The standard InChI is InChI=1S/C7HBrF10/c8-5-2(9,10)1(3(11,12)6(5,15)16)4(13,14)7(5,17)18/h1H. The Morgan fingerprint density at radius 1 is 0.556 bits per heavy atom. The highest BCUT2D eigenvalue weighted by Crippen LogP contribution is 2.81. The molecule has 0 aliphatic heterocycles. The molecule has 0 nitrogen and oxygen atoms in total. The molecule has 0 unspecified atom stereocenters. The van der Waals surface area contributed by atoms with Gasteiger partial charge in [0.05, 0.1) is 0 Å². The molecule has 0 aromatic heterocycles. The molecule has 2 bridgehead atoms. The first kappa shape index (κ1) is 14.2. The zero-order valence-corrected chi connectivity index (χ0v) is 9.32. The fraction of sp³-hybridized carbons (Fsp3) is 1.00. The highest BCUT2D eigenvalue weighted by Gasteiger charge is 3.08. The smallest absolute Gasteiger partial charge is 0.204 e. The largest absolute Gasteiger partial charge is 0.337 e. The lowest BCUT2D eigenvalue weighted by atomic mass is 9.86. The first-order valence-electron chi connectivity index (χ1n) is 4.19. The summed E-state index contributed by atoms with van der Waals surface area (Å²) in [5, 5.41) is 0. The molecule has 0 heterocycles. The molecule has 0 saturated heterocycles. The molecule has 2 aliphatic rings. The second-order valence-corrected chi connectivity index (χ2v) is 5.30. The molecule has 18 heavy (non-hydrogen) atoms. The third-order valence-corrected chi connectivity index (χ3v) is 4.77. The maximum atomic E-state index is 13.2. The summed E-state index contributed by atoms with van der Waals surface area (Å²) in [6.07, 6.45) is 0. The van der Waals surface area contributed by atoms with E-state index in [2.05, 4.69) is 0 Å². The number of hydrogen-bond acceptors (Lipinski definition) is 0. The van der Waals surface area contributed by atoms with Gasteiger partial charge in [-0.05, 0) is 0 Å². The van der Waals surface area contributed by atoms with Crippen molar-refractivity contribution in [1.82, 2.24) is 0 Å². The van der Waals surface area contributed by atoms with Crippen molar-refractivity contribution in [2.24, 2.45) is 5.92 Å². The molecular weight excluding hydrogens is 354 g/mol. The van der Waals surface area contributed by atoms with Crippen LogP contribution in [0.4, 0.5) is 43.9 Å². The quantitative estimate of drug-likeness (QED) is 0.456. The van der Waals surface area contributed by atoms with Gasteiger partial charge in [0.2, 0.25) is 4.32 Å². The monoisotopic (exact) mass is 354 g/mol. The van der Waals surface area contributed by atoms with E-state index in [4.69, 9.17) is 0 Å². The number of alkyl halides is 11. The Hall–Kier alpha value is -0.220. The normalized spacial score (nSPS) is 45.2. The van der Waals surface area contributed by atoms with Crippen LogP contribution in [0.2, 0.25) is 0 Å². The SMILES string of the molecule is FC1(F)C2C(F)(F)C(F)(F)C(Br)(C2(F)F)C1(F)F. The summed E-state index contributed by atoms with van der Waals surface area (Å²) in [5.41, 5.74) is 0. The van der Waals surface area contributed by atoms with Crippen LogP contribution in [0.25, 0.3) is 0 Å². The van der Waals surface area contributed by atoms with Crippen molar-refractivity contribution in [2.75, 3.05) is 0 Å². The van der Waals surface area contributed by atoms with E-state index in [0.717, 1.165) is 15.9 Å². The second kappa shape index (κ2) is 2.78. The molecule has 0 aromatic rings. The van der Waals surface area contributed by atoms with Crippen molar-refractivity contribution in [3.63, 3.8) is 0 Å². The number of halogens is 11. The second-order valence-electron chi connectivity index (χ2n) is 4.11. The molecule has 0 radical (unpaired) electrons. The van der Waals surface area contributed by atoms with Gasteiger partial charge in [-0.1, -0.05) is 15.9 Å². The molecule has 106 valence electrons. The number of rotatable bonds is 0. The Morgan fingerprint density at radius 2 is 0.833 bits per heavy atom. The van der Waals surface area contributed by atoms with Crippen LogP contribution in [0.3, 0.4) is 0 Å². The van der Waals surface area contributed by atoms with Gasteiger partial charge in [-0.25, -0.2) is 8.78 Å². The molecule has 2 rings (SSSR count). The van der Waals surface area contributed by atoms with Crippen LogP contribution in [0.5, 0.6) is 0 Å². The van der Waals surface area contributed by atoms with Gasteiger partial charge in [0.25, 0.3) is 5.92 Å². The predicted molar refractivity (Wildman–Crippen MR) is 39.9 cm³/mol. The molecule has 0 N–H and O–H groups in total. The fourth-order valence-corrected chi connectivity index (χ4v) is 3.08. The summed E-state index contributed by atoms with van der Waals surface area (Å²) in [6.45, 7) is 0. The minimum atomic E-state index is -6.03. The summed E-state index contributed by atoms with van der Waals surface area (Å²) in [7, 11) is 0. The number of fused-ring (bicyclic) bond motifs is 2. The van der Waals surface area contributed by atoms with Crippen LogP contribution in [-0.4, -0.2) is 33.9 Å². The molecule has 2 aliphatic carbocycles. The van der Waals surface area contributed by atoms with Crippen LogP contribution in [-0.2, 0) is 0 Å². The van der Waals surface area contributed by atoms with E-state index in [1.54, 1.807) is 0 Å². The van der Waals surface area contributed by atoms with Crippen LogP contribution in [0.1, 0.15) is 0 Å². The first-order valence-corrected chi connectivity index (χ1v) is 4.99. The topological polar surface area (TPSA) is 0 Å². The van der Waals surface area contributed by atoms with Crippen molar-refractivity contribution in [2.45, 2.75) is 33.9 Å². The average Bonchev–Trinajstić information content (AvgIpc) is 2.24. The van der Waals surface area contributed by atoms with E-state index < -0.39 is 39.9 Å². The molecule has 2 fully saturated rings. The van der Waals surface area contributed by atoms with E-state index in [-0.39, 0.29) is 0 Å². The molecule has 0 spiro atoms. The van der Waals surface area contributed by atoms with Gasteiger partial charge in [-0.2, -0.15) is 35.1 Å². The van der Waals surface area contributed by atoms with E-state index in [0.29, 0.717) is 0 Å². The molecular formula is C7HBrF10. The lowest BCUT2D eigenvalue weighted by molar-refractivity contribution is -0.343. The Balaban J connectivity index is 2.87. The summed E-state index contributed by atoms with van der Waals surface area (Å²) in [5.74, 6) is -34.5. The summed E-state index contributed by atoms with van der Waals surface area (Å²) in [4.78, 5) is 0. The van der Waals surface area contributed by atoms with E-state index in [1.807, 2.05) is 0 Å². The van der Waals surface area contributed by atoms with Crippen molar-refractivity contribution in [3.05, 3.63) is 0 Å². The first-order chi connectivity index (χ1) is 7.62. The minimum absolute atomic E-state index is 1.09. The molecule has 0 aromatic carbocycles. The van der Waals surface area contributed by atoms with Crippen molar-refractivity contribution in [1.29, 1.82) is 0 Å². The average molecular weight is 355 g/mol. The highest BCUT2D eigenvalue weighted by atomic mass is 79.9. The van der Waals surface area contributed by atoms with Gasteiger partial charge in [0.15, 0.2) is 5.92 Å². The maximum Gasteiger partial charge on any atom is 0.337 e. The van der Waals surface area contributed by atoms with Gasteiger partial charge in [0, 0.05) is 0 Å². The molecule has 11 heteroatoms. The molecule has 0 amide bonds. The lowest BCUT2D eigenvalue weighted by Crippen LogP contribution is -2.69. The molecule has 0 atom stereocenters. The van der Waals surface area contributed by atoms with Crippen LogP contribution in [0, 0.1) is 5.92 Å². The third-order valence-electron chi connectivity index (χ3n) is 3.25. The van der Waals surface area contributed by atoms with E-state index in [1.165, 1.54) is 0 Å². The van der Waals surface area contributed by atoms with Crippen molar-refractivity contribution < 1.29 is 43.9 Å². The number of hydrogen-bond donors (Lipinski definition) is 0. The lowest BCUT2D eigenvalue weighted by Gasteiger charge is -2.42. The maximum absolute atomic E-state index is 13.2. The van der Waals surface area contributed by atoms with Crippen molar-refractivity contribution >= 4 is 15.9 Å². The van der Waals surface area contributed by atoms with Gasteiger partial charge in [0.1, 0.15) is 0 Å².